The van der Waals surface area contributed by atoms with Gasteiger partial charge in [-0.25, -0.2) is 9.97 Å². The van der Waals surface area contributed by atoms with Gasteiger partial charge in [0.1, 0.15) is 11.6 Å². The Morgan fingerprint density at radius 2 is 1.75 bits per heavy atom. The number of nitrogens with one attached hydrogen (secondary N) is 1. The van der Waals surface area contributed by atoms with E-state index in [9.17, 15) is 0 Å². The van der Waals surface area contributed by atoms with E-state index >= 15 is 0 Å². The Balaban J connectivity index is 1.88. The zero-order valence-electron chi connectivity index (χ0n) is 11.1. The molecule has 3 aromatic heterocycles. The van der Waals surface area contributed by atoms with E-state index in [1.54, 1.807) is 18.6 Å². The lowest BCUT2D eigenvalue weighted by Gasteiger charge is -2.07. The Morgan fingerprint density at radius 3 is 2.55 bits per heavy atom. The Hall–Kier alpha value is -2.75. The van der Waals surface area contributed by atoms with Crippen molar-refractivity contribution < 1.29 is 0 Å². The molecule has 0 aliphatic heterocycles. The van der Waals surface area contributed by atoms with Gasteiger partial charge >= 0.3 is 0 Å². The first-order valence-corrected chi connectivity index (χ1v) is 6.38. The van der Waals surface area contributed by atoms with Crippen LogP contribution in [0.1, 0.15) is 5.56 Å². The summed E-state index contributed by atoms with van der Waals surface area (Å²) in [5.41, 5.74) is 3.11. The van der Waals surface area contributed by atoms with Crippen molar-refractivity contribution in [1.82, 2.24) is 15.0 Å². The molecule has 0 unspecified atom stereocenters. The van der Waals surface area contributed by atoms with Crippen molar-refractivity contribution in [1.29, 1.82) is 0 Å². The second-order valence-corrected chi connectivity index (χ2v) is 4.49. The van der Waals surface area contributed by atoms with Gasteiger partial charge in [-0.15, -0.1) is 0 Å². The predicted molar refractivity (Wildman–Crippen MR) is 79.7 cm³/mol. The van der Waals surface area contributed by atoms with Gasteiger partial charge in [0.2, 0.25) is 0 Å². The van der Waals surface area contributed by atoms with Crippen LogP contribution in [0.3, 0.4) is 0 Å². The number of rotatable bonds is 3. The summed E-state index contributed by atoms with van der Waals surface area (Å²) in [6, 6.07) is 13.7. The zero-order valence-corrected chi connectivity index (χ0v) is 11.1. The van der Waals surface area contributed by atoms with E-state index in [2.05, 4.69) is 20.3 Å². The molecular weight excluding hydrogens is 248 g/mol. The molecule has 98 valence electrons. The first-order chi connectivity index (χ1) is 9.81. The average molecular weight is 262 g/mol. The van der Waals surface area contributed by atoms with Crippen molar-refractivity contribution >= 4 is 11.6 Å². The molecule has 0 bridgehead atoms. The largest absolute Gasteiger partial charge is 0.325 e. The molecule has 0 atom stereocenters. The van der Waals surface area contributed by atoms with Crippen molar-refractivity contribution in [2.24, 2.45) is 0 Å². The molecule has 0 radical (unpaired) electrons. The lowest BCUT2D eigenvalue weighted by atomic mass is 10.2. The number of hydrogen-bond acceptors (Lipinski definition) is 4. The van der Waals surface area contributed by atoms with Crippen LogP contribution in [0, 0.1) is 6.92 Å². The molecule has 4 heteroatoms. The number of anilines is 2. The standard InChI is InChI=1S/C16H14N4/c1-12-5-10-18-16(11-12)20-15-4-2-3-14(19-15)13-6-8-17-9-7-13/h2-11H,1H3,(H,18,19,20). The molecular formula is C16H14N4. The van der Waals surface area contributed by atoms with Gasteiger partial charge in [0.25, 0.3) is 0 Å². The maximum absolute atomic E-state index is 4.59. The molecule has 4 nitrogen and oxygen atoms in total. The summed E-state index contributed by atoms with van der Waals surface area (Å²) >= 11 is 0. The maximum Gasteiger partial charge on any atom is 0.132 e. The van der Waals surface area contributed by atoms with E-state index in [1.807, 2.05) is 49.4 Å². The lowest BCUT2D eigenvalue weighted by Crippen LogP contribution is -1.97. The smallest absolute Gasteiger partial charge is 0.132 e. The highest BCUT2D eigenvalue weighted by Gasteiger charge is 2.02. The summed E-state index contributed by atoms with van der Waals surface area (Å²) < 4.78 is 0. The van der Waals surface area contributed by atoms with Crippen LogP contribution in [0.4, 0.5) is 11.6 Å². The molecule has 0 fully saturated rings. The summed E-state index contributed by atoms with van der Waals surface area (Å²) in [6.07, 6.45) is 5.31. The molecule has 0 aliphatic carbocycles. The number of nitrogens with zero attached hydrogens (tertiary/aromatic N) is 3. The molecule has 1 N–H and O–H groups in total. The molecule has 0 amide bonds. The van der Waals surface area contributed by atoms with Crippen molar-refractivity contribution in [2.75, 3.05) is 5.32 Å². The quantitative estimate of drug-likeness (QED) is 0.783. The van der Waals surface area contributed by atoms with Crippen molar-refractivity contribution in [3.63, 3.8) is 0 Å². The fourth-order valence-electron chi connectivity index (χ4n) is 1.92. The minimum atomic E-state index is 0.775. The van der Waals surface area contributed by atoms with Gasteiger partial charge in [-0.05, 0) is 48.9 Å². The minimum absolute atomic E-state index is 0.775. The highest BCUT2D eigenvalue weighted by molar-refractivity contribution is 5.62. The molecule has 3 heterocycles. The van der Waals surface area contributed by atoms with E-state index < -0.39 is 0 Å². The molecule has 0 aromatic carbocycles. The summed E-state index contributed by atoms with van der Waals surface area (Å²) in [5.74, 6) is 1.57. The Morgan fingerprint density at radius 1 is 0.900 bits per heavy atom. The van der Waals surface area contributed by atoms with Crippen LogP contribution in [0.2, 0.25) is 0 Å². The van der Waals surface area contributed by atoms with Crippen molar-refractivity contribution in [3.05, 3.63) is 66.6 Å². The van der Waals surface area contributed by atoms with Crippen LogP contribution in [-0.4, -0.2) is 15.0 Å². The van der Waals surface area contributed by atoms with Crippen LogP contribution in [0.15, 0.2) is 61.1 Å². The van der Waals surface area contributed by atoms with E-state index in [-0.39, 0.29) is 0 Å². The summed E-state index contributed by atoms with van der Waals surface area (Å²) in [6.45, 7) is 2.04. The van der Waals surface area contributed by atoms with Crippen molar-refractivity contribution in [3.8, 4) is 11.3 Å². The lowest BCUT2D eigenvalue weighted by molar-refractivity contribution is 1.23. The van der Waals surface area contributed by atoms with Crippen molar-refractivity contribution in [2.45, 2.75) is 6.92 Å². The second-order valence-electron chi connectivity index (χ2n) is 4.49. The number of aryl methyl sites for hydroxylation is 1. The number of hydrogen-bond donors (Lipinski definition) is 1. The molecule has 20 heavy (non-hydrogen) atoms. The van der Waals surface area contributed by atoms with Gasteiger partial charge in [0.15, 0.2) is 0 Å². The summed E-state index contributed by atoms with van der Waals surface area (Å²) in [7, 11) is 0. The Bertz CT molecular complexity index is 710. The first-order valence-electron chi connectivity index (χ1n) is 6.38. The van der Waals surface area contributed by atoms with Crippen LogP contribution in [0.5, 0.6) is 0 Å². The average Bonchev–Trinajstić information content (AvgIpc) is 2.48. The summed E-state index contributed by atoms with van der Waals surface area (Å²) in [4.78, 5) is 12.9. The zero-order chi connectivity index (χ0) is 13.8. The first kappa shape index (κ1) is 12.3. The van der Waals surface area contributed by atoms with E-state index in [0.717, 1.165) is 28.5 Å². The molecule has 0 saturated heterocycles. The minimum Gasteiger partial charge on any atom is -0.325 e. The third kappa shape index (κ3) is 2.80. The predicted octanol–water partition coefficient (Wildman–Crippen LogP) is 3.59. The highest BCUT2D eigenvalue weighted by Crippen LogP contribution is 2.19. The topological polar surface area (TPSA) is 50.7 Å². The van der Waals surface area contributed by atoms with Crippen LogP contribution < -0.4 is 5.32 Å². The second kappa shape index (κ2) is 5.48. The van der Waals surface area contributed by atoms with Gasteiger partial charge in [-0.3, -0.25) is 4.98 Å². The van der Waals surface area contributed by atoms with E-state index in [0.29, 0.717) is 0 Å². The third-order valence-electron chi connectivity index (χ3n) is 2.90. The fraction of sp³-hybridized carbons (Fsp3) is 0.0625. The van der Waals surface area contributed by atoms with Crippen LogP contribution >= 0.6 is 0 Å². The van der Waals surface area contributed by atoms with Gasteiger partial charge in [0, 0.05) is 24.2 Å². The molecule has 0 aliphatic rings. The van der Waals surface area contributed by atoms with E-state index in [1.165, 1.54) is 0 Å². The highest BCUT2D eigenvalue weighted by atomic mass is 15.1. The van der Waals surface area contributed by atoms with E-state index in [4.69, 9.17) is 0 Å². The van der Waals surface area contributed by atoms with Gasteiger partial charge in [-0.2, -0.15) is 0 Å². The SMILES string of the molecule is Cc1ccnc(Nc2cccc(-c3ccncc3)n2)c1. The third-order valence-corrected chi connectivity index (χ3v) is 2.90. The molecule has 0 spiro atoms. The maximum atomic E-state index is 4.59. The molecule has 0 saturated carbocycles. The van der Waals surface area contributed by atoms with Gasteiger partial charge in [-0.1, -0.05) is 6.07 Å². The summed E-state index contributed by atoms with van der Waals surface area (Å²) in [5, 5.41) is 3.22. The number of pyridine rings is 3. The molecule has 3 aromatic rings. The fourth-order valence-corrected chi connectivity index (χ4v) is 1.92. The van der Waals surface area contributed by atoms with Crippen LogP contribution in [-0.2, 0) is 0 Å². The Labute approximate surface area is 117 Å². The number of aromatic nitrogens is 3. The van der Waals surface area contributed by atoms with Crippen LogP contribution in [0.25, 0.3) is 11.3 Å². The molecule has 3 rings (SSSR count). The Kier molecular flexibility index (Phi) is 3.37. The normalized spacial score (nSPS) is 10.2. The van der Waals surface area contributed by atoms with Gasteiger partial charge in [0.05, 0.1) is 5.69 Å². The monoisotopic (exact) mass is 262 g/mol. The van der Waals surface area contributed by atoms with Gasteiger partial charge < -0.3 is 5.32 Å².